The topological polar surface area (TPSA) is 78.8 Å². The number of rotatable bonds is 9. The van der Waals surface area contributed by atoms with Crippen molar-refractivity contribution in [2.75, 3.05) is 37.7 Å². The number of benzene rings is 1. The fourth-order valence-electron chi connectivity index (χ4n) is 3.58. The van der Waals surface area contributed by atoms with E-state index in [1.54, 1.807) is 0 Å². The van der Waals surface area contributed by atoms with E-state index in [1.807, 2.05) is 12.4 Å². The number of carbonyl (C=O) groups is 1. The Bertz CT molecular complexity index is 839. The van der Waals surface area contributed by atoms with Gasteiger partial charge in [0, 0.05) is 50.7 Å². The van der Waals surface area contributed by atoms with Crippen LogP contribution in [0.1, 0.15) is 42.6 Å². The molecule has 0 radical (unpaired) electrons. The molecule has 1 aliphatic heterocycles. The van der Waals surface area contributed by atoms with Crippen molar-refractivity contribution in [3.8, 4) is 5.75 Å². The van der Waals surface area contributed by atoms with Crippen LogP contribution < -0.4 is 9.64 Å². The molecule has 1 fully saturated rings. The molecule has 0 saturated carbocycles. The Morgan fingerprint density at radius 2 is 1.93 bits per heavy atom. The summed E-state index contributed by atoms with van der Waals surface area (Å²) in [6.07, 6.45) is 6.73. The van der Waals surface area contributed by atoms with Crippen molar-refractivity contribution in [3.63, 3.8) is 0 Å². The molecule has 1 aliphatic rings. The number of nitrogens with zero attached hydrogens (tertiary/aromatic N) is 4. The minimum absolute atomic E-state index is 0.322. The van der Waals surface area contributed by atoms with Gasteiger partial charge in [-0.15, -0.1) is 0 Å². The minimum Gasteiger partial charge on any atom is -0.493 e. The van der Waals surface area contributed by atoms with Crippen molar-refractivity contribution in [3.05, 3.63) is 47.5 Å². The summed E-state index contributed by atoms with van der Waals surface area (Å²) in [5.74, 6) is -0.932. The van der Waals surface area contributed by atoms with Crippen LogP contribution in [0.4, 0.5) is 10.3 Å². The Balaban J connectivity index is 1.42. The molecule has 1 N–H and O–H groups in total. The normalized spacial score (nSPS) is 15.8. The number of hydrogen-bond donors (Lipinski definition) is 1. The van der Waals surface area contributed by atoms with Crippen LogP contribution in [0.5, 0.6) is 5.75 Å². The second-order valence-corrected chi connectivity index (χ2v) is 7.60. The highest BCUT2D eigenvalue weighted by Gasteiger charge is 2.22. The lowest BCUT2D eigenvalue weighted by Gasteiger charge is -2.38. The van der Waals surface area contributed by atoms with E-state index in [9.17, 15) is 9.18 Å². The van der Waals surface area contributed by atoms with Crippen LogP contribution in [0.15, 0.2) is 30.6 Å². The van der Waals surface area contributed by atoms with E-state index in [4.69, 9.17) is 9.84 Å². The number of piperazine rings is 1. The first-order valence-electron chi connectivity index (χ1n) is 10.4. The molecule has 30 heavy (non-hydrogen) atoms. The van der Waals surface area contributed by atoms with Crippen LogP contribution in [0.25, 0.3) is 0 Å². The van der Waals surface area contributed by atoms with Gasteiger partial charge in [-0.1, -0.05) is 13.3 Å². The van der Waals surface area contributed by atoms with Gasteiger partial charge < -0.3 is 14.7 Å². The van der Waals surface area contributed by atoms with Gasteiger partial charge in [-0.25, -0.2) is 19.2 Å². The summed E-state index contributed by atoms with van der Waals surface area (Å²) >= 11 is 0. The number of anilines is 1. The van der Waals surface area contributed by atoms with Gasteiger partial charge in [-0.2, -0.15) is 0 Å². The van der Waals surface area contributed by atoms with Gasteiger partial charge in [0.1, 0.15) is 11.6 Å². The first-order chi connectivity index (χ1) is 14.5. The standard InChI is InChI=1S/C22H29FN4O3/c1-3-4-17-14-24-22(25-15-17)27-10-8-26(9-11-27)16(2)7-12-30-18-5-6-19(21(28)29)20(23)13-18/h5-6,13-16H,3-4,7-12H2,1-2H3,(H,28,29). The molecule has 0 amide bonds. The lowest BCUT2D eigenvalue weighted by Crippen LogP contribution is -2.50. The molecule has 1 saturated heterocycles. The Hall–Kier alpha value is -2.74. The van der Waals surface area contributed by atoms with Crippen LogP contribution in [0.2, 0.25) is 0 Å². The quantitative estimate of drug-likeness (QED) is 0.672. The Morgan fingerprint density at radius 1 is 1.23 bits per heavy atom. The maximum absolute atomic E-state index is 13.7. The molecule has 0 aliphatic carbocycles. The highest BCUT2D eigenvalue weighted by molar-refractivity contribution is 5.88. The molecule has 8 heteroatoms. The fourth-order valence-corrected chi connectivity index (χ4v) is 3.58. The van der Waals surface area contributed by atoms with Crippen LogP contribution >= 0.6 is 0 Å². The summed E-state index contributed by atoms with van der Waals surface area (Å²) in [7, 11) is 0. The van der Waals surface area contributed by atoms with Crippen molar-refractivity contribution in [1.29, 1.82) is 0 Å². The highest BCUT2D eigenvalue weighted by atomic mass is 19.1. The zero-order valence-corrected chi connectivity index (χ0v) is 17.6. The first kappa shape index (κ1) is 22.0. The maximum Gasteiger partial charge on any atom is 0.338 e. The lowest BCUT2D eigenvalue weighted by molar-refractivity contribution is 0.0692. The van der Waals surface area contributed by atoms with Gasteiger partial charge in [0.05, 0.1) is 12.2 Å². The Morgan fingerprint density at radius 3 is 2.53 bits per heavy atom. The SMILES string of the molecule is CCCc1cnc(N2CCN(C(C)CCOc3ccc(C(=O)O)c(F)c3)CC2)nc1. The van der Waals surface area contributed by atoms with E-state index in [0.717, 1.165) is 57.5 Å². The smallest absolute Gasteiger partial charge is 0.338 e. The molecular weight excluding hydrogens is 387 g/mol. The number of aromatic nitrogens is 2. The summed E-state index contributed by atoms with van der Waals surface area (Å²) in [4.78, 5) is 24.5. The van der Waals surface area contributed by atoms with Gasteiger partial charge in [0.25, 0.3) is 0 Å². The van der Waals surface area contributed by atoms with Crippen LogP contribution in [-0.2, 0) is 6.42 Å². The molecule has 1 unspecified atom stereocenters. The van der Waals surface area contributed by atoms with Crippen LogP contribution in [-0.4, -0.2) is 64.8 Å². The molecule has 0 spiro atoms. The average Bonchev–Trinajstić information content (AvgIpc) is 2.74. The molecule has 2 heterocycles. The number of ether oxygens (including phenoxy) is 1. The molecular formula is C22H29FN4O3. The predicted octanol–water partition coefficient (Wildman–Crippen LogP) is 3.25. The molecule has 2 aromatic rings. The van der Waals surface area contributed by atoms with Crippen molar-refractivity contribution < 1.29 is 19.0 Å². The second kappa shape index (κ2) is 10.3. The zero-order valence-electron chi connectivity index (χ0n) is 17.6. The van der Waals surface area contributed by atoms with Crippen LogP contribution in [0.3, 0.4) is 0 Å². The summed E-state index contributed by atoms with van der Waals surface area (Å²) in [6, 6.07) is 4.16. The number of aromatic carboxylic acids is 1. The van der Waals surface area contributed by atoms with Crippen molar-refractivity contribution in [1.82, 2.24) is 14.9 Å². The van der Waals surface area contributed by atoms with Gasteiger partial charge in [-0.05, 0) is 37.5 Å². The lowest BCUT2D eigenvalue weighted by atomic mass is 10.1. The van der Waals surface area contributed by atoms with Crippen molar-refractivity contribution in [2.45, 2.75) is 39.2 Å². The zero-order chi connectivity index (χ0) is 21.5. The van der Waals surface area contributed by atoms with E-state index in [-0.39, 0.29) is 5.56 Å². The third-order valence-electron chi connectivity index (χ3n) is 5.43. The third-order valence-corrected chi connectivity index (χ3v) is 5.43. The summed E-state index contributed by atoms with van der Waals surface area (Å²) in [5, 5.41) is 8.88. The number of carboxylic acids is 1. The molecule has 1 atom stereocenters. The van der Waals surface area contributed by atoms with E-state index >= 15 is 0 Å². The van der Waals surface area contributed by atoms with Gasteiger partial charge in [0.15, 0.2) is 0 Å². The van der Waals surface area contributed by atoms with Gasteiger partial charge in [0.2, 0.25) is 5.95 Å². The number of carboxylic acid groups (broad SMARTS) is 1. The number of hydrogen-bond acceptors (Lipinski definition) is 6. The summed E-state index contributed by atoms with van der Waals surface area (Å²) in [6.45, 7) is 8.33. The minimum atomic E-state index is -1.28. The average molecular weight is 416 g/mol. The molecule has 7 nitrogen and oxygen atoms in total. The van der Waals surface area contributed by atoms with E-state index in [1.165, 1.54) is 17.7 Å². The molecule has 162 valence electrons. The Labute approximate surface area is 176 Å². The fraction of sp³-hybridized carbons (Fsp3) is 0.500. The molecule has 3 rings (SSSR count). The first-order valence-corrected chi connectivity index (χ1v) is 10.4. The van der Waals surface area contributed by atoms with Crippen molar-refractivity contribution in [2.24, 2.45) is 0 Å². The molecule has 1 aromatic carbocycles. The summed E-state index contributed by atoms with van der Waals surface area (Å²) < 4.78 is 19.3. The van der Waals surface area contributed by atoms with Crippen LogP contribution in [0, 0.1) is 5.82 Å². The Kier molecular flexibility index (Phi) is 7.57. The van der Waals surface area contributed by atoms with Gasteiger partial charge >= 0.3 is 5.97 Å². The summed E-state index contributed by atoms with van der Waals surface area (Å²) in [5.41, 5.74) is 0.823. The monoisotopic (exact) mass is 416 g/mol. The largest absolute Gasteiger partial charge is 0.493 e. The number of halogens is 1. The molecule has 0 bridgehead atoms. The second-order valence-electron chi connectivity index (χ2n) is 7.60. The van der Waals surface area contributed by atoms with Crippen molar-refractivity contribution >= 4 is 11.9 Å². The number of aryl methyl sites for hydroxylation is 1. The predicted molar refractivity (Wildman–Crippen MR) is 113 cm³/mol. The van der Waals surface area contributed by atoms with Gasteiger partial charge in [-0.3, -0.25) is 4.90 Å². The van der Waals surface area contributed by atoms with E-state index in [0.29, 0.717) is 18.4 Å². The highest BCUT2D eigenvalue weighted by Crippen LogP contribution is 2.18. The van der Waals surface area contributed by atoms with E-state index < -0.39 is 11.8 Å². The third kappa shape index (κ3) is 5.66. The maximum atomic E-state index is 13.7. The van der Waals surface area contributed by atoms with E-state index in [2.05, 4.69) is 33.6 Å². The molecule has 1 aromatic heterocycles.